The molecule has 0 bridgehead atoms. The third-order valence-electron chi connectivity index (χ3n) is 2.52. The lowest BCUT2D eigenvalue weighted by Gasteiger charge is -2.13. The molecule has 1 saturated heterocycles. The van der Waals surface area contributed by atoms with Crippen molar-refractivity contribution in [2.45, 2.75) is 13.3 Å². The van der Waals surface area contributed by atoms with Crippen molar-refractivity contribution in [1.29, 1.82) is 0 Å². The highest BCUT2D eigenvalue weighted by atomic mass is 16.2. The number of nitrogens with two attached hydrogens (primary N) is 2. The number of hydrogen-bond donors (Lipinski definition) is 2. The topological polar surface area (TPSA) is 128 Å². The largest absolute Gasteiger partial charge is 0.369 e. The van der Waals surface area contributed by atoms with Gasteiger partial charge < -0.3 is 11.5 Å². The van der Waals surface area contributed by atoms with Gasteiger partial charge in [0.2, 0.25) is 23.7 Å². The van der Waals surface area contributed by atoms with Crippen LogP contribution < -0.4 is 16.4 Å². The quantitative estimate of drug-likeness (QED) is 0.649. The van der Waals surface area contributed by atoms with Gasteiger partial charge in [-0.2, -0.15) is 15.0 Å². The number of carbonyl (C=O) groups is 2. The number of aryl methyl sites for hydroxylation is 1. The van der Waals surface area contributed by atoms with Crippen LogP contribution in [0.15, 0.2) is 0 Å². The molecule has 90 valence electrons. The smallest absolute Gasteiger partial charge is 0.237 e. The van der Waals surface area contributed by atoms with Crippen molar-refractivity contribution >= 4 is 23.7 Å². The van der Waals surface area contributed by atoms with Gasteiger partial charge in [0.05, 0.1) is 5.92 Å². The van der Waals surface area contributed by atoms with Gasteiger partial charge in [-0.05, 0) is 6.92 Å². The Morgan fingerprint density at radius 3 is 2.65 bits per heavy atom. The zero-order chi connectivity index (χ0) is 12.6. The molecule has 1 unspecified atom stereocenters. The molecule has 17 heavy (non-hydrogen) atoms. The lowest BCUT2D eigenvalue weighted by molar-refractivity contribution is -0.123. The highest BCUT2D eigenvalue weighted by Crippen LogP contribution is 2.22. The van der Waals surface area contributed by atoms with Gasteiger partial charge >= 0.3 is 0 Å². The zero-order valence-electron chi connectivity index (χ0n) is 9.25. The molecule has 8 heteroatoms. The molecule has 1 aromatic rings. The molecule has 1 fully saturated rings. The first-order valence-electron chi connectivity index (χ1n) is 5.05. The highest BCUT2D eigenvalue weighted by Gasteiger charge is 2.35. The van der Waals surface area contributed by atoms with Crippen molar-refractivity contribution in [1.82, 2.24) is 15.0 Å². The highest BCUT2D eigenvalue weighted by molar-refractivity contribution is 5.98. The molecule has 4 N–H and O–H groups in total. The van der Waals surface area contributed by atoms with E-state index in [0.717, 1.165) is 0 Å². The molecule has 1 atom stereocenters. The van der Waals surface area contributed by atoms with Crippen LogP contribution in [0.1, 0.15) is 12.2 Å². The van der Waals surface area contributed by atoms with E-state index in [1.165, 1.54) is 4.90 Å². The van der Waals surface area contributed by atoms with Crippen LogP contribution >= 0.6 is 0 Å². The Morgan fingerprint density at radius 1 is 1.41 bits per heavy atom. The molecule has 0 spiro atoms. The molecule has 2 rings (SSSR count). The summed E-state index contributed by atoms with van der Waals surface area (Å²) in [7, 11) is 0. The molecule has 2 amide bonds. The van der Waals surface area contributed by atoms with Gasteiger partial charge in [-0.25, -0.2) is 0 Å². The monoisotopic (exact) mass is 236 g/mol. The number of amides is 2. The summed E-state index contributed by atoms with van der Waals surface area (Å²) in [4.78, 5) is 35.7. The van der Waals surface area contributed by atoms with Crippen molar-refractivity contribution in [3.8, 4) is 0 Å². The van der Waals surface area contributed by atoms with Crippen LogP contribution in [-0.4, -0.2) is 33.3 Å². The second kappa shape index (κ2) is 3.96. The standard InChI is InChI=1S/C9H12N6O2/c1-4-12-8(11)14-9(13-4)15-3-5(7(10)17)2-6(15)16/h5H,2-3H2,1H3,(H2,10,17)(H2,11,12,13,14). The Morgan fingerprint density at radius 2 is 2.12 bits per heavy atom. The Labute approximate surface area is 97.0 Å². The number of hydrogen-bond acceptors (Lipinski definition) is 6. The van der Waals surface area contributed by atoms with Crippen molar-refractivity contribution in [2.24, 2.45) is 11.7 Å². The summed E-state index contributed by atoms with van der Waals surface area (Å²) in [5, 5.41) is 0. The van der Waals surface area contributed by atoms with E-state index in [1.807, 2.05) is 0 Å². The van der Waals surface area contributed by atoms with Crippen LogP contribution in [0.2, 0.25) is 0 Å². The Bertz CT molecular complexity index is 468. The third-order valence-corrected chi connectivity index (χ3v) is 2.52. The first-order valence-corrected chi connectivity index (χ1v) is 5.05. The summed E-state index contributed by atoms with van der Waals surface area (Å²) in [6, 6.07) is 0. The third kappa shape index (κ3) is 2.14. The molecule has 0 radical (unpaired) electrons. The maximum atomic E-state index is 11.7. The van der Waals surface area contributed by atoms with Crippen LogP contribution in [0.25, 0.3) is 0 Å². The normalized spacial score (nSPS) is 19.7. The van der Waals surface area contributed by atoms with E-state index in [1.54, 1.807) is 6.92 Å². The van der Waals surface area contributed by atoms with Gasteiger partial charge in [0.25, 0.3) is 0 Å². The minimum absolute atomic E-state index is 0.0443. The number of primary amides is 1. The maximum Gasteiger partial charge on any atom is 0.237 e. The number of nitrogens with zero attached hydrogens (tertiary/aromatic N) is 4. The number of anilines is 2. The van der Waals surface area contributed by atoms with E-state index in [9.17, 15) is 9.59 Å². The summed E-state index contributed by atoms with van der Waals surface area (Å²) in [5.74, 6) is -0.603. The fourth-order valence-corrected chi connectivity index (χ4v) is 1.70. The van der Waals surface area contributed by atoms with Crippen molar-refractivity contribution < 1.29 is 9.59 Å². The molecule has 1 aliphatic heterocycles. The number of carbonyl (C=O) groups excluding carboxylic acids is 2. The van der Waals surface area contributed by atoms with E-state index >= 15 is 0 Å². The summed E-state index contributed by atoms with van der Waals surface area (Å²) in [6.07, 6.45) is 0.0833. The maximum absolute atomic E-state index is 11.7. The number of aromatic nitrogens is 3. The average molecular weight is 236 g/mol. The molecule has 1 aliphatic rings. The Hall–Kier alpha value is -2.25. The number of nitrogen functional groups attached to an aromatic ring is 1. The molecule has 1 aromatic heterocycles. The van der Waals surface area contributed by atoms with E-state index in [2.05, 4.69) is 15.0 Å². The van der Waals surface area contributed by atoms with Crippen molar-refractivity contribution in [3.05, 3.63) is 5.82 Å². The van der Waals surface area contributed by atoms with Crippen LogP contribution in [0.4, 0.5) is 11.9 Å². The van der Waals surface area contributed by atoms with Crippen LogP contribution in [0, 0.1) is 12.8 Å². The van der Waals surface area contributed by atoms with E-state index in [-0.39, 0.29) is 30.8 Å². The Balaban J connectivity index is 2.28. The van der Waals surface area contributed by atoms with Gasteiger partial charge in [0, 0.05) is 13.0 Å². The average Bonchev–Trinajstić information content (AvgIpc) is 2.59. The predicted octanol–water partition coefficient (Wildman–Crippen LogP) is -1.40. The Kier molecular flexibility index (Phi) is 2.62. The zero-order valence-corrected chi connectivity index (χ0v) is 9.25. The molecule has 8 nitrogen and oxygen atoms in total. The van der Waals surface area contributed by atoms with Gasteiger partial charge in [-0.3, -0.25) is 14.5 Å². The summed E-state index contributed by atoms with van der Waals surface area (Å²) in [6.45, 7) is 1.84. The van der Waals surface area contributed by atoms with Crippen LogP contribution in [0.3, 0.4) is 0 Å². The van der Waals surface area contributed by atoms with E-state index in [0.29, 0.717) is 5.82 Å². The minimum Gasteiger partial charge on any atom is -0.369 e. The van der Waals surface area contributed by atoms with E-state index < -0.39 is 11.8 Å². The van der Waals surface area contributed by atoms with Gasteiger partial charge in [0.15, 0.2) is 0 Å². The summed E-state index contributed by atoms with van der Waals surface area (Å²) < 4.78 is 0. The predicted molar refractivity (Wildman–Crippen MR) is 58.6 cm³/mol. The van der Waals surface area contributed by atoms with Gasteiger partial charge in [-0.15, -0.1) is 0 Å². The number of rotatable bonds is 2. The molecule has 2 heterocycles. The molecular formula is C9H12N6O2. The minimum atomic E-state index is -0.500. The SMILES string of the molecule is Cc1nc(N)nc(N2CC(C(N)=O)CC2=O)n1. The second-order valence-electron chi connectivity index (χ2n) is 3.85. The van der Waals surface area contributed by atoms with Gasteiger partial charge in [0.1, 0.15) is 5.82 Å². The van der Waals surface area contributed by atoms with Gasteiger partial charge in [-0.1, -0.05) is 0 Å². The van der Waals surface area contributed by atoms with Crippen molar-refractivity contribution in [2.75, 3.05) is 17.2 Å². The lowest BCUT2D eigenvalue weighted by atomic mass is 10.1. The molecular weight excluding hydrogens is 224 g/mol. The second-order valence-corrected chi connectivity index (χ2v) is 3.85. The van der Waals surface area contributed by atoms with E-state index in [4.69, 9.17) is 11.5 Å². The molecule has 0 aliphatic carbocycles. The molecule has 0 aromatic carbocycles. The first kappa shape index (κ1) is 11.2. The first-order chi connectivity index (χ1) is 7.97. The molecule has 0 saturated carbocycles. The summed E-state index contributed by atoms with van der Waals surface area (Å²) in [5.41, 5.74) is 10.6. The fraction of sp³-hybridized carbons (Fsp3) is 0.444. The fourth-order valence-electron chi connectivity index (χ4n) is 1.70. The summed E-state index contributed by atoms with van der Waals surface area (Å²) >= 11 is 0. The lowest BCUT2D eigenvalue weighted by Crippen LogP contribution is -2.30. The van der Waals surface area contributed by atoms with Crippen LogP contribution in [0.5, 0.6) is 0 Å². The van der Waals surface area contributed by atoms with Crippen LogP contribution in [-0.2, 0) is 9.59 Å². The van der Waals surface area contributed by atoms with Crippen molar-refractivity contribution in [3.63, 3.8) is 0 Å².